The number of nitrogens with zero attached hydrogens (tertiary/aromatic N) is 1. The molecule has 0 unspecified atom stereocenters. The number of rotatable bonds is 3. The highest BCUT2D eigenvalue weighted by Crippen LogP contribution is 2.31. The molecule has 0 spiro atoms. The smallest absolute Gasteiger partial charge is 0.220 e. The lowest BCUT2D eigenvalue weighted by molar-refractivity contribution is 0.0979. The van der Waals surface area contributed by atoms with Crippen LogP contribution in [0.15, 0.2) is 53.2 Å². The normalized spacial score (nSPS) is 14.1. The van der Waals surface area contributed by atoms with E-state index in [0.717, 1.165) is 0 Å². The molecule has 0 atom stereocenters. The molecule has 0 amide bonds. The van der Waals surface area contributed by atoms with E-state index in [4.69, 9.17) is 11.6 Å². The van der Waals surface area contributed by atoms with E-state index in [2.05, 4.69) is 10.3 Å². The van der Waals surface area contributed by atoms with Crippen LogP contribution < -0.4 is 5.32 Å². The minimum absolute atomic E-state index is 0.207. The van der Waals surface area contributed by atoms with Crippen molar-refractivity contribution < 1.29 is 9.59 Å². The number of allylic oxidation sites excluding steroid dienone is 2. The molecule has 4 nitrogen and oxygen atoms in total. The van der Waals surface area contributed by atoms with Gasteiger partial charge in [-0.05, 0) is 42.7 Å². The summed E-state index contributed by atoms with van der Waals surface area (Å²) < 4.78 is 0. The molecule has 0 bridgehead atoms. The Kier molecular flexibility index (Phi) is 4.00. The van der Waals surface area contributed by atoms with Crippen LogP contribution in [0.1, 0.15) is 20.8 Å². The maximum atomic E-state index is 12.7. The summed E-state index contributed by atoms with van der Waals surface area (Å²) in [6.45, 7) is 0. The summed E-state index contributed by atoms with van der Waals surface area (Å²) in [4.78, 5) is 29.6. The van der Waals surface area contributed by atoms with Crippen molar-refractivity contribution >= 4 is 40.6 Å². The van der Waals surface area contributed by atoms with Crippen molar-refractivity contribution in [1.82, 2.24) is 4.98 Å². The van der Waals surface area contributed by atoms with Crippen molar-refractivity contribution in [2.24, 2.45) is 0 Å². The number of aromatic nitrogens is 1. The molecule has 1 aliphatic carbocycles. The Morgan fingerprint density at radius 2 is 1.82 bits per heavy atom. The summed E-state index contributed by atoms with van der Waals surface area (Å²) in [7, 11) is 0. The molecule has 1 aromatic carbocycles. The third kappa shape index (κ3) is 2.53. The number of carbonyl (C=O) groups excluding carboxylic acids is 2. The van der Waals surface area contributed by atoms with E-state index in [9.17, 15) is 9.59 Å². The number of halogens is 1. The van der Waals surface area contributed by atoms with E-state index in [-0.39, 0.29) is 23.0 Å². The highest BCUT2D eigenvalue weighted by atomic mass is 35.5. The number of fused-ring (bicyclic) bond motifs is 1. The number of benzene rings is 1. The largest absolute Gasteiger partial charge is 0.351 e. The first-order valence-corrected chi connectivity index (χ1v) is 8.07. The topological polar surface area (TPSA) is 59.1 Å². The lowest BCUT2D eigenvalue weighted by Crippen LogP contribution is -2.25. The van der Waals surface area contributed by atoms with Crippen LogP contribution in [0, 0.1) is 0 Å². The lowest BCUT2D eigenvalue weighted by atomic mass is 9.96. The summed E-state index contributed by atoms with van der Waals surface area (Å²) in [5.74, 6) is -0.471. The van der Waals surface area contributed by atoms with E-state index in [1.54, 1.807) is 42.7 Å². The van der Waals surface area contributed by atoms with Crippen molar-refractivity contribution in [3.05, 3.63) is 69.5 Å². The molecule has 0 saturated carbocycles. The molecule has 6 heteroatoms. The van der Waals surface area contributed by atoms with Gasteiger partial charge >= 0.3 is 0 Å². The molecule has 1 aromatic heterocycles. The van der Waals surface area contributed by atoms with Gasteiger partial charge in [0, 0.05) is 16.9 Å². The fourth-order valence-electron chi connectivity index (χ4n) is 2.21. The first kappa shape index (κ1) is 14.8. The molecule has 1 aliphatic rings. The molecule has 110 valence electrons. The van der Waals surface area contributed by atoms with Crippen LogP contribution in [-0.2, 0) is 0 Å². The number of ketones is 2. The SMILES string of the molecule is CSC1=C(Nc2ccc(Cl)cc2)C(=O)c2cccnc2C1=O. The van der Waals surface area contributed by atoms with Crippen LogP contribution in [0.4, 0.5) is 5.69 Å². The number of nitrogens with one attached hydrogen (secondary N) is 1. The van der Waals surface area contributed by atoms with Gasteiger partial charge in [0.05, 0.1) is 10.5 Å². The zero-order valence-corrected chi connectivity index (χ0v) is 13.2. The standard InChI is InChI=1S/C16H11ClN2O2S/c1-22-16-13(19-10-6-4-9(17)5-7-10)14(20)11-3-2-8-18-12(11)15(16)21/h2-8,19H,1H3. The molecule has 0 radical (unpaired) electrons. The second-order valence-corrected chi connectivity index (χ2v) is 5.85. The number of anilines is 1. The number of Topliss-reactive ketones (excluding diaryl/α,β-unsaturated/α-hetero) is 2. The minimum Gasteiger partial charge on any atom is -0.351 e. The second kappa shape index (κ2) is 5.94. The minimum atomic E-state index is -0.237. The summed E-state index contributed by atoms with van der Waals surface area (Å²) in [5, 5.41) is 3.63. The molecule has 2 aromatic rings. The molecule has 1 N–H and O–H groups in total. The molecule has 0 saturated heterocycles. The Labute approximate surface area is 136 Å². The first-order chi connectivity index (χ1) is 10.6. The Hall–Kier alpha value is -2.11. The average molecular weight is 331 g/mol. The van der Waals surface area contributed by atoms with Gasteiger partial charge in [-0.3, -0.25) is 14.6 Å². The van der Waals surface area contributed by atoms with E-state index in [1.165, 1.54) is 18.0 Å². The first-order valence-electron chi connectivity index (χ1n) is 6.47. The van der Waals surface area contributed by atoms with Crippen molar-refractivity contribution in [1.29, 1.82) is 0 Å². The third-order valence-electron chi connectivity index (χ3n) is 3.25. The number of pyridine rings is 1. The van der Waals surface area contributed by atoms with E-state index >= 15 is 0 Å². The van der Waals surface area contributed by atoms with Crippen LogP contribution in [0.25, 0.3) is 0 Å². The fraction of sp³-hybridized carbons (Fsp3) is 0.0625. The number of thioether (sulfide) groups is 1. The third-order valence-corrected chi connectivity index (χ3v) is 4.30. The zero-order valence-electron chi connectivity index (χ0n) is 11.6. The summed E-state index contributed by atoms with van der Waals surface area (Å²) in [6, 6.07) is 10.2. The Bertz CT molecular complexity index is 800. The monoisotopic (exact) mass is 330 g/mol. The predicted octanol–water partition coefficient (Wildman–Crippen LogP) is 3.80. The highest BCUT2D eigenvalue weighted by Gasteiger charge is 2.33. The van der Waals surface area contributed by atoms with Crippen molar-refractivity contribution in [2.75, 3.05) is 11.6 Å². The quantitative estimate of drug-likeness (QED) is 0.927. The van der Waals surface area contributed by atoms with E-state index in [1.807, 2.05) is 0 Å². The van der Waals surface area contributed by atoms with E-state index < -0.39 is 0 Å². The van der Waals surface area contributed by atoms with Crippen LogP contribution in [0.3, 0.4) is 0 Å². The van der Waals surface area contributed by atoms with Crippen molar-refractivity contribution in [3.8, 4) is 0 Å². The second-order valence-electron chi connectivity index (χ2n) is 4.60. The molecule has 1 heterocycles. The van der Waals surface area contributed by atoms with Gasteiger partial charge in [0.1, 0.15) is 11.4 Å². The molecule has 22 heavy (non-hydrogen) atoms. The van der Waals surface area contributed by atoms with Gasteiger partial charge in [-0.2, -0.15) is 0 Å². The summed E-state index contributed by atoms with van der Waals surface area (Å²) in [6.07, 6.45) is 3.28. The average Bonchev–Trinajstić information content (AvgIpc) is 2.55. The maximum Gasteiger partial charge on any atom is 0.220 e. The summed E-state index contributed by atoms with van der Waals surface area (Å²) >= 11 is 7.09. The Morgan fingerprint density at radius 1 is 1.09 bits per heavy atom. The molecule has 0 fully saturated rings. The molecule has 3 rings (SSSR count). The fourth-order valence-corrected chi connectivity index (χ4v) is 2.97. The highest BCUT2D eigenvalue weighted by molar-refractivity contribution is 8.03. The molecule has 0 aliphatic heterocycles. The van der Waals surface area contributed by atoms with Crippen molar-refractivity contribution in [2.45, 2.75) is 0 Å². The van der Waals surface area contributed by atoms with Gasteiger partial charge in [-0.1, -0.05) is 11.6 Å². The summed E-state index contributed by atoms with van der Waals surface area (Å²) in [5.41, 5.74) is 1.50. The van der Waals surface area contributed by atoms with Gasteiger partial charge in [-0.15, -0.1) is 11.8 Å². The molecular formula is C16H11ClN2O2S. The van der Waals surface area contributed by atoms with Gasteiger partial charge in [0.25, 0.3) is 0 Å². The van der Waals surface area contributed by atoms with Crippen LogP contribution in [0.5, 0.6) is 0 Å². The Morgan fingerprint density at radius 3 is 2.50 bits per heavy atom. The maximum absolute atomic E-state index is 12.7. The Balaban J connectivity index is 2.06. The lowest BCUT2D eigenvalue weighted by Gasteiger charge is -2.20. The van der Waals surface area contributed by atoms with Gasteiger partial charge in [-0.25, -0.2) is 0 Å². The molecular weight excluding hydrogens is 320 g/mol. The van der Waals surface area contributed by atoms with Crippen LogP contribution in [-0.4, -0.2) is 22.8 Å². The zero-order chi connectivity index (χ0) is 15.7. The van der Waals surface area contributed by atoms with Crippen LogP contribution >= 0.6 is 23.4 Å². The van der Waals surface area contributed by atoms with Gasteiger partial charge < -0.3 is 5.32 Å². The van der Waals surface area contributed by atoms with Crippen molar-refractivity contribution in [3.63, 3.8) is 0 Å². The van der Waals surface area contributed by atoms with Gasteiger partial charge in [0.2, 0.25) is 11.6 Å². The number of carbonyl (C=O) groups is 2. The number of hydrogen-bond acceptors (Lipinski definition) is 5. The van der Waals surface area contributed by atoms with Crippen LogP contribution in [0.2, 0.25) is 5.02 Å². The van der Waals surface area contributed by atoms with E-state index in [0.29, 0.717) is 21.2 Å². The predicted molar refractivity (Wildman–Crippen MR) is 88.5 cm³/mol. The number of hydrogen-bond donors (Lipinski definition) is 1. The van der Waals surface area contributed by atoms with Gasteiger partial charge in [0.15, 0.2) is 0 Å².